The molecular weight excluding hydrogens is 372 g/mol. The lowest BCUT2D eigenvalue weighted by Gasteiger charge is -2.30. The fourth-order valence-corrected chi connectivity index (χ4v) is 3.96. The van der Waals surface area contributed by atoms with E-state index in [1.54, 1.807) is 7.11 Å². The van der Waals surface area contributed by atoms with Crippen LogP contribution >= 0.6 is 0 Å². The van der Waals surface area contributed by atoms with Gasteiger partial charge in [-0.05, 0) is 18.8 Å². The number of hydrogen-bond acceptors (Lipinski definition) is 6. The maximum absolute atomic E-state index is 12.6. The van der Waals surface area contributed by atoms with Crippen LogP contribution in [0.5, 0.6) is 0 Å². The molecular formula is C21H36N4O4. The molecule has 164 valence electrons. The number of nitrogens with zero attached hydrogens (tertiary/aromatic N) is 3. The van der Waals surface area contributed by atoms with Crippen molar-refractivity contribution in [2.45, 2.75) is 77.7 Å². The van der Waals surface area contributed by atoms with E-state index < -0.39 is 5.54 Å². The van der Waals surface area contributed by atoms with E-state index in [9.17, 15) is 9.59 Å². The summed E-state index contributed by atoms with van der Waals surface area (Å²) in [6.45, 7) is 7.49. The summed E-state index contributed by atoms with van der Waals surface area (Å²) in [6, 6.07) is 0. The molecule has 1 aliphatic carbocycles. The third-order valence-corrected chi connectivity index (χ3v) is 5.32. The molecule has 0 saturated heterocycles. The molecule has 0 radical (unpaired) electrons. The van der Waals surface area contributed by atoms with Gasteiger partial charge in [0, 0.05) is 40.0 Å². The SMILES string of the molecule is COCCN(CC(C)C)C(=O)CCc1nc(C2(NC(C)=O)CCCCCC2)no1. The predicted molar refractivity (Wildman–Crippen MR) is 109 cm³/mol. The molecule has 0 atom stereocenters. The van der Waals surface area contributed by atoms with Crippen LogP contribution in [0, 0.1) is 5.92 Å². The summed E-state index contributed by atoms with van der Waals surface area (Å²) in [5.41, 5.74) is -0.559. The standard InChI is InChI=1S/C21H36N4O4/c1-16(2)15-25(13-14-28-4)19(27)10-9-18-22-20(24-29-18)21(23-17(3)26)11-7-5-6-8-12-21/h16H,5-15H2,1-4H3,(H,23,26). The predicted octanol–water partition coefficient (Wildman–Crippen LogP) is 2.82. The van der Waals surface area contributed by atoms with Crippen molar-refractivity contribution in [2.24, 2.45) is 5.92 Å². The smallest absolute Gasteiger partial charge is 0.227 e. The number of carbonyl (C=O) groups excluding carboxylic acids is 2. The van der Waals surface area contributed by atoms with Crippen molar-refractivity contribution in [1.82, 2.24) is 20.4 Å². The lowest BCUT2D eigenvalue weighted by Crippen LogP contribution is -2.45. The van der Waals surface area contributed by atoms with Crippen molar-refractivity contribution in [3.8, 4) is 0 Å². The third kappa shape index (κ3) is 7.10. The highest BCUT2D eigenvalue weighted by molar-refractivity contribution is 5.76. The normalized spacial score (nSPS) is 16.4. The van der Waals surface area contributed by atoms with Crippen LogP contribution in [-0.4, -0.2) is 53.7 Å². The molecule has 0 aromatic carbocycles. The Morgan fingerprint density at radius 1 is 1.24 bits per heavy atom. The summed E-state index contributed by atoms with van der Waals surface area (Å²) in [7, 11) is 1.64. The average molecular weight is 409 g/mol. The van der Waals surface area contributed by atoms with Crippen LogP contribution in [0.15, 0.2) is 4.52 Å². The molecule has 0 unspecified atom stereocenters. The van der Waals surface area contributed by atoms with Gasteiger partial charge in [-0.3, -0.25) is 9.59 Å². The molecule has 1 aromatic rings. The van der Waals surface area contributed by atoms with Crippen LogP contribution in [-0.2, 0) is 26.3 Å². The summed E-state index contributed by atoms with van der Waals surface area (Å²) in [5, 5.41) is 7.26. The number of ether oxygens (including phenoxy) is 1. The number of methoxy groups -OCH3 is 1. The molecule has 29 heavy (non-hydrogen) atoms. The molecule has 1 aliphatic rings. The van der Waals surface area contributed by atoms with Crippen LogP contribution in [0.2, 0.25) is 0 Å². The van der Waals surface area contributed by atoms with Gasteiger partial charge in [0.15, 0.2) is 5.82 Å². The lowest BCUT2D eigenvalue weighted by molar-refractivity contribution is -0.132. The molecule has 0 spiro atoms. The number of amides is 2. The maximum atomic E-state index is 12.6. The Kier molecular flexibility index (Phi) is 9.07. The van der Waals surface area contributed by atoms with Gasteiger partial charge in [-0.1, -0.05) is 44.7 Å². The number of rotatable bonds is 10. The summed E-state index contributed by atoms with van der Waals surface area (Å²) in [6.07, 6.45) is 6.65. The van der Waals surface area contributed by atoms with Gasteiger partial charge < -0.3 is 19.5 Å². The van der Waals surface area contributed by atoms with Crippen molar-refractivity contribution in [3.63, 3.8) is 0 Å². The van der Waals surface area contributed by atoms with Gasteiger partial charge in [-0.2, -0.15) is 4.98 Å². The topological polar surface area (TPSA) is 97.6 Å². The van der Waals surface area contributed by atoms with Gasteiger partial charge in [0.1, 0.15) is 5.54 Å². The second kappa shape index (κ2) is 11.3. The van der Waals surface area contributed by atoms with Crippen molar-refractivity contribution in [2.75, 3.05) is 26.8 Å². The van der Waals surface area contributed by atoms with Crippen LogP contribution in [0.3, 0.4) is 0 Å². The Balaban J connectivity index is 2.03. The quantitative estimate of drug-likeness (QED) is 0.598. The lowest BCUT2D eigenvalue weighted by atomic mass is 9.89. The van der Waals surface area contributed by atoms with Crippen molar-refractivity contribution in [1.29, 1.82) is 0 Å². The van der Waals surface area contributed by atoms with Crippen molar-refractivity contribution in [3.05, 3.63) is 11.7 Å². The molecule has 2 amide bonds. The Morgan fingerprint density at radius 2 is 1.93 bits per heavy atom. The largest absolute Gasteiger partial charge is 0.383 e. The van der Waals surface area contributed by atoms with Crippen molar-refractivity contribution >= 4 is 11.8 Å². The number of aryl methyl sites for hydroxylation is 1. The zero-order valence-electron chi connectivity index (χ0n) is 18.3. The minimum Gasteiger partial charge on any atom is -0.383 e. The Morgan fingerprint density at radius 3 is 2.52 bits per heavy atom. The van der Waals surface area contributed by atoms with Gasteiger partial charge >= 0.3 is 0 Å². The Labute approximate surface area is 173 Å². The first-order valence-electron chi connectivity index (χ1n) is 10.7. The first-order chi connectivity index (χ1) is 13.9. The third-order valence-electron chi connectivity index (χ3n) is 5.32. The van der Waals surface area contributed by atoms with Gasteiger partial charge in [0.25, 0.3) is 0 Å². The molecule has 1 saturated carbocycles. The molecule has 1 N–H and O–H groups in total. The highest BCUT2D eigenvalue weighted by Gasteiger charge is 2.38. The number of carbonyl (C=O) groups is 2. The highest BCUT2D eigenvalue weighted by Crippen LogP contribution is 2.34. The fourth-order valence-electron chi connectivity index (χ4n) is 3.96. The minimum atomic E-state index is -0.559. The molecule has 0 bridgehead atoms. The van der Waals surface area contributed by atoms with E-state index in [-0.39, 0.29) is 11.8 Å². The summed E-state index contributed by atoms with van der Waals surface area (Å²) >= 11 is 0. The molecule has 2 rings (SSSR count). The fraction of sp³-hybridized carbons (Fsp3) is 0.810. The van der Waals surface area contributed by atoms with E-state index >= 15 is 0 Å². The van der Waals surface area contributed by atoms with Crippen molar-refractivity contribution < 1.29 is 18.8 Å². The monoisotopic (exact) mass is 408 g/mol. The van der Waals surface area contributed by atoms with Gasteiger partial charge in [-0.15, -0.1) is 0 Å². The van der Waals surface area contributed by atoms with E-state index in [0.29, 0.717) is 50.2 Å². The van der Waals surface area contributed by atoms with Crippen LogP contribution in [0.1, 0.15) is 77.4 Å². The molecule has 1 aromatic heterocycles. The molecule has 1 fully saturated rings. The molecule has 8 heteroatoms. The first-order valence-corrected chi connectivity index (χ1v) is 10.7. The Hall–Kier alpha value is -1.96. The summed E-state index contributed by atoms with van der Waals surface area (Å²) in [4.78, 5) is 30.9. The summed E-state index contributed by atoms with van der Waals surface area (Å²) < 4.78 is 10.6. The van der Waals surface area contributed by atoms with Crippen LogP contribution in [0.4, 0.5) is 0 Å². The number of hydrogen-bond donors (Lipinski definition) is 1. The zero-order valence-corrected chi connectivity index (χ0v) is 18.3. The van der Waals surface area contributed by atoms with Gasteiger partial charge in [0.2, 0.25) is 17.7 Å². The summed E-state index contributed by atoms with van der Waals surface area (Å²) in [5.74, 6) is 1.34. The van der Waals surface area contributed by atoms with Gasteiger partial charge in [-0.25, -0.2) is 0 Å². The number of aromatic nitrogens is 2. The van der Waals surface area contributed by atoms with Crippen LogP contribution < -0.4 is 5.32 Å². The Bertz CT molecular complexity index is 651. The average Bonchev–Trinajstić information content (AvgIpc) is 3.03. The first kappa shape index (κ1) is 23.3. The van der Waals surface area contributed by atoms with E-state index in [1.807, 2.05) is 4.90 Å². The van der Waals surface area contributed by atoms with Gasteiger partial charge in [0.05, 0.1) is 6.61 Å². The maximum Gasteiger partial charge on any atom is 0.227 e. The second-order valence-electron chi connectivity index (χ2n) is 8.42. The zero-order chi connectivity index (χ0) is 21.3. The van der Waals surface area contributed by atoms with E-state index in [2.05, 4.69) is 29.3 Å². The molecule has 0 aliphatic heterocycles. The molecule has 8 nitrogen and oxygen atoms in total. The minimum absolute atomic E-state index is 0.0570. The molecule has 1 heterocycles. The van der Waals surface area contributed by atoms with E-state index in [1.165, 1.54) is 6.92 Å². The number of nitrogens with one attached hydrogen (secondary N) is 1. The van der Waals surface area contributed by atoms with E-state index in [0.717, 1.165) is 38.5 Å². The second-order valence-corrected chi connectivity index (χ2v) is 8.42. The van der Waals surface area contributed by atoms with E-state index in [4.69, 9.17) is 9.26 Å². The highest BCUT2D eigenvalue weighted by atomic mass is 16.5. The van der Waals surface area contributed by atoms with Crippen LogP contribution in [0.25, 0.3) is 0 Å².